The van der Waals surface area contributed by atoms with Crippen LogP contribution >= 0.6 is 0 Å². The second kappa shape index (κ2) is 11.0. The maximum absolute atomic E-state index is 12.4. The van der Waals surface area contributed by atoms with E-state index in [0.29, 0.717) is 30.6 Å². The molecule has 1 amide bonds. The lowest BCUT2D eigenvalue weighted by Crippen LogP contribution is -2.12. The molecule has 28 heavy (non-hydrogen) atoms. The van der Waals surface area contributed by atoms with Crippen molar-refractivity contribution in [2.24, 2.45) is 0 Å². The molecular formula is C21H24F2N2O3. The second-order valence-electron chi connectivity index (χ2n) is 6.35. The monoisotopic (exact) mass is 390 g/mol. The smallest absolute Gasteiger partial charge is 0.387 e. The van der Waals surface area contributed by atoms with E-state index >= 15 is 0 Å². The van der Waals surface area contributed by atoms with Crippen LogP contribution in [0.2, 0.25) is 0 Å². The first kappa shape index (κ1) is 21.3. The molecule has 0 aliphatic heterocycles. The van der Waals surface area contributed by atoms with Crippen LogP contribution in [0.4, 0.5) is 20.2 Å². The highest BCUT2D eigenvalue weighted by Gasteiger charge is 2.14. The molecule has 0 bridgehead atoms. The number of ether oxygens (including phenoxy) is 1. The third-order valence-corrected chi connectivity index (χ3v) is 4.20. The first-order valence-corrected chi connectivity index (χ1v) is 9.18. The quantitative estimate of drug-likeness (QED) is 0.320. The molecule has 0 unspecified atom stereocenters. The van der Waals surface area contributed by atoms with E-state index in [2.05, 4.69) is 10.1 Å². The van der Waals surface area contributed by atoms with Crippen molar-refractivity contribution in [1.29, 1.82) is 0 Å². The van der Waals surface area contributed by atoms with Crippen LogP contribution in [0.25, 0.3) is 0 Å². The molecule has 0 heterocycles. The van der Waals surface area contributed by atoms with Crippen molar-refractivity contribution in [1.82, 2.24) is 0 Å². The minimum Gasteiger partial charge on any atom is -0.434 e. The van der Waals surface area contributed by atoms with E-state index in [1.54, 1.807) is 36.4 Å². The molecule has 2 aromatic carbocycles. The fourth-order valence-electron chi connectivity index (χ4n) is 2.78. The van der Waals surface area contributed by atoms with Crippen LogP contribution in [0.3, 0.4) is 0 Å². The van der Waals surface area contributed by atoms with Crippen LogP contribution in [0, 0.1) is 0 Å². The number of para-hydroxylation sites is 3. The summed E-state index contributed by atoms with van der Waals surface area (Å²) in [5.74, 6) is -0.431. The van der Waals surface area contributed by atoms with Gasteiger partial charge in [-0.1, -0.05) is 37.1 Å². The average molecular weight is 390 g/mol. The SMILES string of the molecule is Nc1ccccc1NC(=O)CCCCCCC(=O)c1ccccc1OC(F)F. The number of hydrogen-bond donors (Lipinski definition) is 2. The van der Waals surface area contributed by atoms with E-state index < -0.39 is 6.61 Å². The molecule has 2 rings (SSSR count). The van der Waals surface area contributed by atoms with Gasteiger partial charge in [0.1, 0.15) is 5.75 Å². The Morgan fingerprint density at radius 1 is 0.929 bits per heavy atom. The lowest BCUT2D eigenvalue weighted by Gasteiger charge is -2.09. The molecule has 5 nitrogen and oxygen atoms in total. The van der Waals surface area contributed by atoms with Crippen LogP contribution in [-0.2, 0) is 4.79 Å². The summed E-state index contributed by atoms with van der Waals surface area (Å²) in [4.78, 5) is 24.1. The number of rotatable bonds is 11. The van der Waals surface area contributed by atoms with Gasteiger partial charge < -0.3 is 15.8 Å². The number of unbranched alkanes of at least 4 members (excludes halogenated alkanes) is 3. The summed E-state index contributed by atoms with van der Waals surface area (Å²) in [5.41, 5.74) is 7.07. The zero-order valence-corrected chi connectivity index (χ0v) is 15.5. The first-order chi connectivity index (χ1) is 13.5. The van der Waals surface area contributed by atoms with Crippen molar-refractivity contribution in [3.8, 4) is 5.75 Å². The molecule has 3 N–H and O–H groups in total. The van der Waals surface area contributed by atoms with Gasteiger partial charge in [0.05, 0.1) is 16.9 Å². The Kier molecular flexibility index (Phi) is 8.39. The molecule has 0 aliphatic rings. The average Bonchev–Trinajstić information content (AvgIpc) is 2.66. The fourth-order valence-corrected chi connectivity index (χ4v) is 2.78. The molecule has 0 atom stereocenters. The van der Waals surface area contributed by atoms with Gasteiger partial charge in [-0.2, -0.15) is 8.78 Å². The van der Waals surface area contributed by atoms with Gasteiger partial charge in [0.2, 0.25) is 5.91 Å². The number of anilines is 2. The van der Waals surface area contributed by atoms with Crippen LogP contribution in [0.15, 0.2) is 48.5 Å². The number of ketones is 1. The maximum atomic E-state index is 12.4. The molecule has 0 radical (unpaired) electrons. The third kappa shape index (κ3) is 6.98. The van der Waals surface area contributed by atoms with Crippen LogP contribution < -0.4 is 15.8 Å². The number of nitrogens with one attached hydrogen (secondary N) is 1. The van der Waals surface area contributed by atoms with Gasteiger partial charge in [-0.25, -0.2) is 0 Å². The minimum atomic E-state index is -2.97. The van der Waals surface area contributed by atoms with E-state index in [1.807, 2.05) is 0 Å². The number of hydrogen-bond acceptors (Lipinski definition) is 4. The summed E-state index contributed by atoms with van der Waals surface area (Å²) in [6, 6.07) is 13.1. The van der Waals surface area contributed by atoms with Crippen LogP contribution in [0.1, 0.15) is 48.9 Å². The summed E-state index contributed by atoms with van der Waals surface area (Å²) in [6.07, 6.45) is 3.49. The Balaban J connectivity index is 1.66. The Hall–Kier alpha value is -2.96. The van der Waals surface area contributed by atoms with E-state index in [0.717, 1.165) is 12.8 Å². The number of carbonyl (C=O) groups is 2. The van der Waals surface area contributed by atoms with Crippen LogP contribution in [0.5, 0.6) is 5.75 Å². The summed E-state index contributed by atoms with van der Waals surface area (Å²) in [6.45, 7) is -2.97. The Morgan fingerprint density at radius 2 is 1.57 bits per heavy atom. The zero-order valence-electron chi connectivity index (χ0n) is 15.5. The van der Waals surface area contributed by atoms with Crippen molar-refractivity contribution in [2.45, 2.75) is 45.1 Å². The van der Waals surface area contributed by atoms with Gasteiger partial charge in [0.15, 0.2) is 5.78 Å². The van der Waals surface area contributed by atoms with Crippen molar-refractivity contribution >= 4 is 23.1 Å². The van der Waals surface area contributed by atoms with E-state index in [1.165, 1.54) is 12.1 Å². The normalized spacial score (nSPS) is 10.7. The first-order valence-electron chi connectivity index (χ1n) is 9.18. The largest absolute Gasteiger partial charge is 0.434 e. The lowest BCUT2D eigenvalue weighted by atomic mass is 10.0. The molecule has 0 aliphatic carbocycles. The molecule has 2 aromatic rings. The number of alkyl halides is 2. The topological polar surface area (TPSA) is 81.4 Å². The molecule has 150 valence electrons. The number of halogens is 2. The van der Waals surface area contributed by atoms with Crippen LogP contribution in [-0.4, -0.2) is 18.3 Å². The molecule has 7 heteroatoms. The molecule has 0 saturated heterocycles. The molecule has 0 saturated carbocycles. The van der Waals surface area contributed by atoms with Gasteiger partial charge in [0, 0.05) is 12.8 Å². The predicted molar refractivity (Wildman–Crippen MR) is 105 cm³/mol. The number of nitrogens with two attached hydrogens (primary N) is 1. The number of benzene rings is 2. The number of amides is 1. The van der Waals surface area contributed by atoms with Crippen molar-refractivity contribution in [3.63, 3.8) is 0 Å². The third-order valence-electron chi connectivity index (χ3n) is 4.20. The Morgan fingerprint density at radius 3 is 2.29 bits per heavy atom. The van der Waals surface area contributed by atoms with Gasteiger partial charge in [-0.05, 0) is 37.1 Å². The van der Waals surface area contributed by atoms with Gasteiger partial charge >= 0.3 is 6.61 Å². The van der Waals surface area contributed by atoms with E-state index in [4.69, 9.17) is 5.73 Å². The van der Waals surface area contributed by atoms with Crippen molar-refractivity contribution in [2.75, 3.05) is 11.1 Å². The Labute approximate surface area is 162 Å². The van der Waals surface area contributed by atoms with Gasteiger partial charge in [-0.3, -0.25) is 9.59 Å². The highest BCUT2D eigenvalue weighted by Crippen LogP contribution is 2.23. The fraction of sp³-hybridized carbons (Fsp3) is 0.333. The predicted octanol–water partition coefficient (Wildman–Crippen LogP) is 5.03. The van der Waals surface area contributed by atoms with Crippen molar-refractivity contribution in [3.05, 3.63) is 54.1 Å². The minimum absolute atomic E-state index is 0.0978. The zero-order chi connectivity index (χ0) is 20.4. The molecule has 0 aromatic heterocycles. The molecular weight excluding hydrogens is 366 g/mol. The summed E-state index contributed by atoms with van der Waals surface area (Å²) >= 11 is 0. The van der Waals surface area contributed by atoms with E-state index in [-0.39, 0.29) is 29.4 Å². The van der Waals surface area contributed by atoms with Gasteiger partial charge in [0.25, 0.3) is 0 Å². The second-order valence-corrected chi connectivity index (χ2v) is 6.35. The maximum Gasteiger partial charge on any atom is 0.387 e. The highest BCUT2D eigenvalue weighted by atomic mass is 19.3. The van der Waals surface area contributed by atoms with Gasteiger partial charge in [-0.15, -0.1) is 0 Å². The highest BCUT2D eigenvalue weighted by molar-refractivity contribution is 5.98. The lowest BCUT2D eigenvalue weighted by molar-refractivity contribution is -0.116. The summed E-state index contributed by atoms with van der Waals surface area (Å²) in [5, 5.41) is 2.77. The summed E-state index contributed by atoms with van der Waals surface area (Å²) < 4.78 is 29.2. The molecule has 0 spiro atoms. The standard InChI is InChI=1S/C21H24F2N2O3/c22-21(23)28-19-13-8-5-9-15(19)18(26)12-3-1-2-4-14-20(27)25-17-11-7-6-10-16(17)24/h5-11,13,21H,1-4,12,14,24H2,(H,25,27). The van der Waals surface area contributed by atoms with Crippen molar-refractivity contribution < 1.29 is 23.1 Å². The number of carbonyl (C=O) groups excluding carboxylic acids is 2. The number of Topliss-reactive ketones (excluding diaryl/α,β-unsaturated/α-hetero) is 1. The van der Waals surface area contributed by atoms with E-state index in [9.17, 15) is 18.4 Å². The summed E-state index contributed by atoms with van der Waals surface area (Å²) in [7, 11) is 0. The number of nitrogen functional groups attached to an aromatic ring is 1. The Bertz CT molecular complexity index is 797. The molecule has 0 fully saturated rings.